The fourth-order valence-corrected chi connectivity index (χ4v) is 4.09. The van der Waals surface area contributed by atoms with E-state index in [2.05, 4.69) is 28.8 Å². The van der Waals surface area contributed by atoms with Crippen LogP contribution in [0.25, 0.3) is 0 Å². The van der Waals surface area contributed by atoms with Crippen LogP contribution in [-0.2, 0) is 0 Å². The summed E-state index contributed by atoms with van der Waals surface area (Å²) in [4.78, 5) is 0. The van der Waals surface area contributed by atoms with Gasteiger partial charge in [-0.05, 0) is 0 Å². The molecule has 54 valence electrons. The Balaban J connectivity index is 0.000000405. The van der Waals surface area contributed by atoms with Crippen LogP contribution in [0.5, 0.6) is 0 Å². The Morgan fingerprint density at radius 2 is 1.67 bits per heavy atom. The van der Waals surface area contributed by atoms with E-state index in [1.165, 1.54) is 24.6 Å². The van der Waals surface area contributed by atoms with Crippen LogP contribution in [0.15, 0.2) is 0 Å². The Kier molecular flexibility index (Phi) is 2.60. The molecule has 0 aliphatic carbocycles. The minimum absolute atomic E-state index is 0. The number of nitrogens with one attached hydrogen (secondary N) is 1. The van der Waals surface area contributed by atoms with Gasteiger partial charge in [0.15, 0.2) is 0 Å². The van der Waals surface area contributed by atoms with Gasteiger partial charge in [0, 0.05) is 24.6 Å². The third kappa shape index (κ3) is 1.34. The molecule has 2 saturated heterocycles. The molecule has 0 aromatic carbocycles. The number of hydrogen-bond donors (Lipinski definition) is 1. The second kappa shape index (κ2) is 2.91. The first kappa shape index (κ1) is 8.05. The van der Waals surface area contributed by atoms with E-state index >= 15 is 0 Å². The molecule has 0 amide bonds. The monoisotopic (exact) mass is 183 g/mol. The molecule has 1 N–H and O–H groups in total. The summed E-state index contributed by atoms with van der Waals surface area (Å²) in [5, 5.41) is 3.30. The van der Waals surface area contributed by atoms with E-state index < -0.39 is 0 Å². The second-order valence-electron chi connectivity index (χ2n) is 2.21. The van der Waals surface area contributed by atoms with E-state index in [0.29, 0.717) is 4.08 Å². The van der Waals surface area contributed by atoms with Crippen LogP contribution in [0, 0.1) is 0 Å². The lowest BCUT2D eigenvalue weighted by atomic mass is 10.3. The van der Waals surface area contributed by atoms with Crippen LogP contribution in [0.4, 0.5) is 0 Å². The Morgan fingerprint density at radius 1 is 1.11 bits per heavy atom. The third-order valence-corrected chi connectivity index (χ3v) is 5.01. The van der Waals surface area contributed by atoms with Gasteiger partial charge < -0.3 is 5.32 Å². The molecule has 2 rings (SSSR count). The second-order valence-corrected chi connectivity index (χ2v) is 5.43. The lowest BCUT2D eigenvalue weighted by Gasteiger charge is -2.36. The zero-order chi connectivity index (χ0) is 5.45. The maximum atomic E-state index is 3.30. The first-order chi connectivity index (χ1) is 3.91. The Labute approximate surface area is 70.1 Å². The summed E-state index contributed by atoms with van der Waals surface area (Å²) in [5.41, 5.74) is 0. The number of thioether (sulfide) groups is 2. The quantitative estimate of drug-likeness (QED) is 0.606. The third-order valence-electron chi connectivity index (χ3n) is 1.60. The maximum absolute atomic E-state index is 3.30. The maximum Gasteiger partial charge on any atom is 0.0858 e. The van der Waals surface area contributed by atoms with Gasteiger partial charge in [-0.2, -0.15) is 0 Å². The number of hydrogen-bond acceptors (Lipinski definition) is 3. The summed E-state index contributed by atoms with van der Waals surface area (Å²) in [6.45, 7) is 2.48. The van der Waals surface area contributed by atoms with Crippen molar-refractivity contribution in [1.82, 2.24) is 5.32 Å². The summed E-state index contributed by atoms with van der Waals surface area (Å²) in [5.74, 6) is 2.73. The van der Waals surface area contributed by atoms with Gasteiger partial charge in [-0.1, -0.05) is 0 Å². The Morgan fingerprint density at radius 3 is 1.89 bits per heavy atom. The first-order valence-electron chi connectivity index (χ1n) is 2.90. The van der Waals surface area contributed by atoms with Gasteiger partial charge in [0.05, 0.1) is 4.08 Å². The molecule has 2 fully saturated rings. The van der Waals surface area contributed by atoms with Gasteiger partial charge in [0.2, 0.25) is 0 Å². The normalized spacial score (nSPS) is 29.3. The van der Waals surface area contributed by atoms with Gasteiger partial charge in [-0.25, -0.2) is 0 Å². The van der Waals surface area contributed by atoms with Crippen molar-refractivity contribution in [2.75, 3.05) is 24.6 Å². The molecule has 0 bridgehead atoms. The summed E-state index contributed by atoms with van der Waals surface area (Å²) < 4.78 is 0.639. The highest BCUT2D eigenvalue weighted by Crippen LogP contribution is 2.46. The highest BCUT2D eigenvalue weighted by atomic mass is 35.5. The van der Waals surface area contributed by atoms with E-state index in [-0.39, 0.29) is 12.4 Å². The summed E-state index contributed by atoms with van der Waals surface area (Å²) in [7, 11) is 0. The molecule has 2 aliphatic rings. The molecular formula is C5H10ClNS2. The van der Waals surface area contributed by atoms with Crippen LogP contribution in [0.1, 0.15) is 0 Å². The van der Waals surface area contributed by atoms with Gasteiger partial charge in [-0.15, -0.1) is 35.9 Å². The van der Waals surface area contributed by atoms with Crippen molar-refractivity contribution >= 4 is 35.9 Å². The van der Waals surface area contributed by atoms with Crippen LogP contribution in [-0.4, -0.2) is 28.7 Å². The molecule has 0 saturated carbocycles. The fourth-order valence-electron chi connectivity index (χ4n) is 1.03. The lowest BCUT2D eigenvalue weighted by Crippen LogP contribution is -2.53. The van der Waals surface area contributed by atoms with E-state index in [1.54, 1.807) is 0 Å². The van der Waals surface area contributed by atoms with Gasteiger partial charge >= 0.3 is 0 Å². The lowest BCUT2D eigenvalue weighted by molar-refractivity contribution is 0.512. The molecule has 0 aromatic rings. The molecule has 2 heterocycles. The number of halogens is 1. The van der Waals surface area contributed by atoms with Crippen LogP contribution in [0.2, 0.25) is 0 Å². The van der Waals surface area contributed by atoms with E-state index in [1.807, 2.05) is 0 Å². The Bertz CT molecular complexity index is 97.1. The standard InChI is InChI=1S/C5H9NS2.ClH/c1-2-8-5(7-1)3-6-4-5;/h6H,1-4H2;1H. The molecule has 2 aliphatic heterocycles. The van der Waals surface area contributed by atoms with Gasteiger partial charge in [0.1, 0.15) is 0 Å². The molecule has 0 radical (unpaired) electrons. The first-order valence-corrected chi connectivity index (χ1v) is 4.87. The van der Waals surface area contributed by atoms with Crippen LogP contribution in [0.3, 0.4) is 0 Å². The zero-order valence-corrected chi connectivity index (χ0v) is 7.50. The van der Waals surface area contributed by atoms with Crippen molar-refractivity contribution in [2.24, 2.45) is 0 Å². The van der Waals surface area contributed by atoms with Crippen molar-refractivity contribution in [2.45, 2.75) is 4.08 Å². The predicted molar refractivity (Wildman–Crippen MR) is 47.8 cm³/mol. The average molecular weight is 184 g/mol. The average Bonchev–Trinajstić information content (AvgIpc) is 2.07. The highest BCUT2D eigenvalue weighted by Gasteiger charge is 2.40. The molecule has 4 heteroatoms. The zero-order valence-electron chi connectivity index (χ0n) is 5.05. The molecule has 0 atom stereocenters. The molecular weight excluding hydrogens is 174 g/mol. The number of rotatable bonds is 0. The minimum atomic E-state index is 0. The smallest absolute Gasteiger partial charge is 0.0858 e. The van der Waals surface area contributed by atoms with Crippen molar-refractivity contribution in [3.63, 3.8) is 0 Å². The van der Waals surface area contributed by atoms with E-state index in [4.69, 9.17) is 0 Å². The fraction of sp³-hybridized carbons (Fsp3) is 1.00. The van der Waals surface area contributed by atoms with Crippen molar-refractivity contribution in [3.05, 3.63) is 0 Å². The van der Waals surface area contributed by atoms with Crippen LogP contribution < -0.4 is 5.32 Å². The summed E-state index contributed by atoms with van der Waals surface area (Å²) >= 11 is 4.26. The molecule has 0 aromatic heterocycles. The summed E-state index contributed by atoms with van der Waals surface area (Å²) in [6.07, 6.45) is 0. The van der Waals surface area contributed by atoms with Gasteiger partial charge in [0.25, 0.3) is 0 Å². The minimum Gasteiger partial charge on any atom is -0.312 e. The summed E-state index contributed by atoms with van der Waals surface area (Å²) in [6, 6.07) is 0. The Hall–Kier alpha value is 0.950. The topological polar surface area (TPSA) is 12.0 Å². The van der Waals surface area contributed by atoms with Crippen molar-refractivity contribution < 1.29 is 0 Å². The molecule has 0 unspecified atom stereocenters. The highest BCUT2D eigenvalue weighted by molar-refractivity contribution is 8.21. The SMILES string of the molecule is C1CSC2(CNC2)S1.Cl. The largest absolute Gasteiger partial charge is 0.312 e. The van der Waals surface area contributed by atoms with Crippen molar-refractivity contribution in [1.29, 1.82) is 0 Å². The van der Waals surface area contributed by atoms with E-state index in [0.717, 1.165) is 0 Å². The molecule has 1 nitrogen and oxygen atoms in total. The van der Waals surface area contributed by atoms with Crippen LogP contribution >= 0.6 is 35.9 Å². The van der Waals surface area contributed by atoms with E-state index in [9.17, 15) is 0 Å². The molecule has 1 spiro atoms. The van der Waals surface area contributed by atoms with Crippen molar-refractivity contribution in [3.8, 4) is 0 Å². The molecule has 9 heavy (non-hydrogen) atoms. The van der Waals surface area contributed by atoms with Gasteiger partial charge in [-0.3, -0.25) is 0 Å². The predicted octanol–water partition coefficient (Wildman–Crippen LogP) is 1.19.